The number of carbonyl (C=O) groups is 2. The van der Waals surface area contributed by atoms with Gasteiger partial charge in [0.15, 0.2) is 0 Å². The van der Waals surface area contributed by atoms with Crippen LogP contribution in [0.25, 0.3) is 0 Å². The van der Waals surface area contributed by atoms with Crippen LogP contribution >= 0.6 is 34.8 Å². The van der Waals surface area contributed by atoms with Gasteiger partial charge in [0, 0.05) is 29.4 Å². The molecule has 11 heteroatoms. The number of non-ortho nitro benzene ring substituents is 1. The van der Waals surface area contributed by atoms with Crippen LogP contribution in [0.5, 0.6) is 0 Å². The maximum Gasteiger partial charge on any atom is 0.269 e. The Hall–Kier alpha value is -3.20. The average molecular weight is 523 g/mol. The molecule has 2 N–H and O–H groups in total. The van der Waals surface area contributed by atoms with Crippen molar-refractivity contribution in [3.63, 3.8) is 0 Å². The number of benzene rings is 3. The van der Waals surface area contributed by atoms with Gasteiger partial charge in [-0.3, -0.25) is 19.7 Å². The van der Waals surface area contributed by atoms with Crippen molar-refractivity contribution in [2.24, 2.45) is 5.92 Å². The van der Waals surface area contributed by atoms with Gasteiger partial charge in [0.25, 0.3) is 11.6 Å². The Balaban J connectivity index is 1.48. The van der Waals surface area contributed by atoms with Gasteiger partial charge in [-0.05, 0) is 48.0 Å². The Labute approximate surface area is 208 Å². The molecule has 2 unspecified atom stereocenters. The van der Waals surface area contributed by atoms with Gasteiger partial charge in [-0.15, -0.1) is 23.2 Å². The van der Waals surface area contributed by atoms with Crippen molar-refractivity contribution in [2.75, 3.05) is 10.6 Å². The molecular weight excluding hydrogens is 508 g/mol. The first-order chi connectivity index (χ1) is 16.1. The molecule has 0 aliphatic heterocycles. The van der Waals surface area contributed by atoms with Crippen molar-refractivity contribution in [1.29, 1.82) is 0 Å². The Kier molecular flexibility index (Phi) is 6.49. The summed E-state index contributed by atoms with van der Waals surface area (Å²) in [5.74, 6) is -2.86. The molecule has 1 saturated carbocycles. The summed E-state index contributed by atoms with van der Waals surface area (Å²) in [4.78, 5) is 35.8. The molecule has 0 bridgehead atoms. The molecule has 0 aromatic heterocycles. The van der Waals surface area contributed by atoms with Crippen LogP contribution in [0, 0.1) is 21.8 Å². The average Bonchev–Trinajstić information content (AvgIpc) is 3.38. The van der Waals surface area contributed by atoms with Crippen molar-refractivity contribution < 1.29 is 18.9 Å². The van der Waals surface area contributed by atoms with Crippen LogP contribution in [0.4, 0.5) is 21.5 Å². The molecule has 0 radical (unpaired) electrons. The predicted molar refractivity (Wildman–Crippen MR) is 128 cm³/mol. The van der Waals surface area contributed by atoms with E-state index in [1.165, 1.54) is 66.7 Å². The normalized spacial score (nSPS) is 18.1. The molecule has 7 nitrogen and oxygen atoms in total. The number of anilines is 2. The molecule has 174 valence electrons. The predicted octanol–water partition coefficient (Wildman–Crippen LogP) is 6.17. The number of nitrogens with zero attached hydrogens (tertiary/aromatic N) is 1. The summed E-state index contributed by atoms with van der Waals surface area (Å²) in [6.07, 6.45) is 0. The minimum Gasteiger partial charge on any atom is -0.326 e. The number of hydrogen-bond donors (Lipinski definition) is 2. The summed E-state index contributed by atoms with van der Waals surface area (Å²) in [7, 11) is 0. The molecule has 2 atom stereocenters. The Morgan fingerprint density at radius 3 is 2.18 bits per heavy atom. The van der Waals surface area contributed by atoms with E-state index in [0.29, 0.717) is 11.3 Å². The molecule has 0 saturated heterocycles. The fourth-order valence-corrected chi connectivity index (χ4v) is 4.63. The van der Waals surface area contributed by atoms with Crippen molar-refractivity contribution in [3.05, 3.63) is 98.8 Å². The van der Waals surface area contributed by atoms with E-state index in [0.717, 1.165) is 0 Å². The molecule has 34 heavy (non-hydrogen) atoms. The number of alkyl halides is 2. The molecule has 1 aliphatic rings. The number of nitro groups is 1. The van der Waals surface area contributed by atoms with Crippen LogP contribution in [-0.2, 0) is 4.79 Å². The topological polar surface area (TPSA) is 101 Å². The highest BCUT2D eigenvalue weighted by atomic mass is 35.5. The van der Waals surface area contributed by atoms with Crippen LogP contribution < -0.4 is 10.6 Å². The van der Waals surface area contributed by atoms with Gasteiger partial charge in [0.1, 0.15) is 10.2 Å². The minimum atomic E-state index is -1.39. The number of carbonyl (C=O) groups excluding carboxylic acids is 2. The Morgan fingerprint density at radius 2 is 1.56 bits per heavy atom. The summed E-state index contributed by atoms with van der Waals surface area (Å²) in [6.45, 7) is 0. The molecule has 2 amide bonds. The van der Waals surface area contributed by atoms with Gasteiger partial charge in [0.2, 0.25) is 5.91 Å². The quantitative estimate of drug-likeness (QED) is 0.230. The van der Waals surface area contributed by atoms with Gasteiger partial charge in [-0.1, -0.05) is 23.7 Å². The van der Waals surface area contributed by atoms with Gasteiger partial charge >= 0.3 is 0 Å². The van der Waals surface area contributed by atoms with Gasteiger partial charge in [0.05, 0.1) is 21.4 Å². The number of rotatable bonds is 6. The molecule has 3 aromatic carbocycles. The zero-order chi connectivity index (χ0) is 24.6. The van der Waals surface area contributed by atoms with E-state index < -0.39 is 38.7 Å². The highest BCUT2D eigenvalue weighted by molar-refractivity contribution is 6.53. The third-order valence-electron chi connectivity index (χ3n) is 5.38. The van der Waals surface area contributed by atoms with Crippen molar-refractivity contribution in [1.82, 2.24) is 0 Å². The summed E-state index contributed by atoms with van der Waals surface area (Å²) < 4.78 is 11.7. The van der Waals surface area contributed by atoms with E-state index in [9.17, 15) is 24.1 Å². The lowest BCUT2D eigenvalue weighted by Gasteiger charge is -2.10. The maximum atomic E-state index is 13.1. The van der Waals surface area contributed by atoms with Crippen molar-refractivity contribution in [2.45, 2.75) is 10.3 Å². The van der Waals surface area contributed by atoms with E-state index >= 15 is 0 Å². The number of halogens is 4. The van der Waals surface area contributed by atoms with Crippen molar-refractivity contribution >= 4 is 63.7 Å². The van der Waals surface area contributed by atoms with Crippen LogP contribution in [0.15, 0.2) is 66.7 Å². The third-order valence-corrected chi connectivity index (χ3v) is 6.65. The summed E-state index contributed by atoms with van der Waals surface area (Å²) >= 11 is 18.8. The number of hydrogen-bond acceptors (Lipinski definition) is 4. The maximum absolute atomic E-state index is 13.1. The largest absolute Gasteiger partial charge is 0.326 e. The molecule has 4 rings (SSSR count). The molecular formula is C23H15Cl3FN3O4. The lowest BCUT2D eigenvalue weighted by Crippen LogP contribution is -2.18. The van der Waals surface area contributed by atoms with Crippen LogP contribution in [0.3, 0.4) is 0 Å². The smallest absolute Gasteiger partial charge is 0.269 e. The van der Waals surface area contributed by atoms with E-state index in [1.807, 2.05) is 0 Å². The SMILES string of the molecule is O=C(Nc1ccc(F)cc1)c1cc(NC(=O)C2C(c3ccc([N+](=O)[O-])cc3)C2(Cl)Cl)ccc1Cl. The van der Waals surface area contributed by atoms with Crippen LogP contribution in [0.1, 0.15) is 21.8 Å². The Bertz CT molecular complexity index is 1280. The first-order valence-corrected chi connectivity index (χ1v) is 11.0. The number of nitrogens with one attached hydrogen (secondary N) is 2. The minimum absolute atomic E-state index is 0.0900. The summed E-state index contributed by atoms with van der Waals surface area (Å²) in [5, 5.41) is 16.3. The highest BCUT2D eigenvalue weighted by Crippen LogP contribution is 2.65. The van der Waals surface area contributed by atoms with Crippen molar-refractivity contribution in [3.8, 4) is 0 Å². The fraction of sp³-hybridized carbons (Fsp3) is 0.130. The third kappa shape index (κ3) is 4.84. The van der Waals surface area contributed by atoms with E-state index in [4.69, 9.17) is 34.8 Å². The van der Waals surface area contributed by atoms with E-state index in [1.54, 1.807) is 0 Å². The Morgan fingerprint density at radius 1 is 0.941 bits per heavy atom. The second kappa shape index (κ2) is 9.21. The summed E-state index contributed by atoms with van der Waals surface area (Å²) in [5.41, 5.74) is 1.25. The lowest BCUT2D eigenvalue weighted by atomic mass is 10.1. The second-order valence-corrected chi connectivity index (χ2v) is 9.47. The van der Waals surface area contributed by atoms with Gasteiger partial charge in [-0.25, -0.2) is 4.39 Å². The molecule has 3 aromatic rings. The fourth-order valence-electron chi connectivity index (χ4n) is 3.60. The van der Waals surface area contributed by atoms with Crippen LogP contribution in [-0.4, -0.2) is 21.1 Å². The highest BCUT2D eigenvalue weighted by Gasteiger charge is 2.67. The van der Waals surface area contributed by atoms with E-state index in [2.05, 4.69) is 10.6 Å². The lowest BCUT2D eigenvalue weighted by molar-refractivity contribution is -0.384. The van der Waals surface area contributed by atoms with Gasteiger partial charge in [-0.2, -0.15) is 0 Å². The molecule has 0 heterocycles. The first kappa shape index (κ1) is 23.9. The molecule has 0 spiro atoms. The van der Waals surface area contributed by atoms with Crippen LogP contribution in [0.2, 0.25) is 5.02 Å². The monoisotopic (exact) mass is 521 g/mol. The number of amides is 2. The summed E-state index contributed by atoms with van der Waals surface area (Å²) in [6, 6.07) is 15.2. The standard InChI is InChI=1S/C23H15Cl3FN3O4/c24-18-10-7-15(11-17(18)21(31)28-14-5-3-13(27)4-6-14)29-22(32)20-19(23(20,25)26)12-1-8-16(9-2-12)30(33)34/h1-11,19-20H,(H,28,31)(H,29,32). The second-order valence-electron chi connectivity index (χ2n) is 7.62. The molecule has 1 aliphatic carbocycles. The van der Waals surface area contributed by atoms with Gasteiger partial charge < -0.3 is 10.6 Å². The zero-order valence-electron chi connectivity index (χ0n) is 17.1. The van der Waals surface area contributed by atoms with E-state index in [-0.39, 0.29) is 22.0 Å². The molecule has 1 fully saturated rings. The zero-order valence-corrected chi connectivity index (χ0v) is 19.4. The first-order valence-electron chi connectivity index (χ1n) is 9.87. The number of nitro benzene ring substituents is 1.